The first-order chi connectivity index (χ1) is 6.79. The molecule has 15 heavy (non-hydrogen) atoms. The summed E-state index contributed by atoms with van der Waals surface area (Å²) in [5.74, 6) is -2.46. The fourth-order valence-electron chi connectivity index (χ4n) is 2.63. The van der Waals surface area contributed by atoms with Gasteiger partial charge >= 0.3 is 0 Å². The van der Waals surface area contributed by atoms with Gasteiger partial charge in [-0.1, -0.05) is 27.2 Å². The molecule has 1 rings (SSSR count). The molecule has 3 heteroatoms. The molecule has 90 valence electrons. The number of hydrogen-bond acceptors (Lipinski definition) is 1. The summed E-state index contributed by atoms with van der Waals surface area (Å²) < 4.78 is 26.3. The zero-order valence-electron chi connectivity index (χ0n) is 10.1. The molecular formula is C12H23F2N. The monoisotopic (exact) mass is 219 g/mol. The maximum atomic E-state index is 13.1. The molecular weight excluding hydrogens is 196 g/mol. The summed E-state index contributed by atoms with van der Waals surface area (Å²) >= 11 is 0. The SMILES string of the molecule is CCC(C)(C)C1(CN)CCC(F)(F)CC1. The molecule has 1 fully saturated rings. The van der Waals surface area contributed by atoms with Crippen molar-refractivity contribution in [3.63, 3.8) is 0 Å². The van der Waals surface area contributed by atoms with Gasteiger partial charge in [0.2, 0.25) is 5.92 Å². The maximum Gasteiger partial charge on any atom is 0.248 e. The fraction of sp³-hybridized carbons (Fsp3) is 1.00. The molecule has 0 aromatic rings. The predicted octanol–water partition coefficient (Wildman–Crippen LogP) is 3.58. The van der Waals surface area contributed by atoms with Gasteiger partial charge in [-0.25, -0.2) is 8.78 Å². The minimum absolute atomic E-state index is 0.00757. The molecule has 0 atom stereocenters. The van der Waals surface area contributed by atoms with Gasteiger partial charge in [0.05, 0.1) is 0 Å². The molecule has 0 heterocycles. The van der Waals surface area contributed by atoms with Crippen molar-refractivity contribution >= 4 is 0 Å². The van der Waals surface area contributed by atoms with E-state index >= 15 is 0 Å². The third kappa shape index (κ3) is 2.32. The number of rotatable bonds is 3. The molecule has 0 spiro atoms. The van der Waals surface area contributed by atoms with E-state index in [0.29, 0.717) is 19.4 Å². The lowest BCUT2D eigenvalue weighted by molar-refractivity contribution is -0.0957. The summed E-state index contributed by atoms with van der Waals surface area (Å²) in [5, 5.41) is 0. The van der Waals surface area contributed by atoms with Crippen LogP contribution in [0.5, 0.6) is 0 Å². The van der Waals surface area contributed by atoms with E-state index < -0.39 is 5.92 Å². The maximum absolute atomic E-state index is 13.1. The van der Waals surface area contributed by atoms with E-state index in [4.69, 9.17) is 5.73 Å². The van der Waals surface area contributed by atoms with Crippen LogP contribution in [0, 0.1) is 10.8 Å². The van der Waals surface area contributed by atoms with Gasteiger partial charge in [-0.15, -0.1) is 0 Å². The Kier molecular flexibility index (Phi) is 3.44. The predicted molar refractivity (Wildman–Crippen MR) is 59.0 cm³/mol. The van der Waals surface area contributed by atoms with E-state index in [1.54, 1.807) is 0 Å². The highest BCUT2D eigenvalue weighted by molar-refractivity contribution is 4.97. The zero-order chi connectivity index (χ0) is 11.7. The van der Waals surface area contributed by atoms with Gasteiger partial charge in [0.25, 0.3) is 0 Å². The molecule has 0 bridgehead atoms. The number of halogens is 2. The van der Waals surface area contributed by atoms with Crippen LogP contribution in [-0.2, 0) is 0 Å². The third-order valence-corrected chi connectivity index (χ3v) is 4.65. The quantitative estimate of drug-likeness (QED) is 0.771. The summed E-state index contributed by atoms with van der Waals surface area (Å²) in [6.07, 6.45) is 2.14. The van der Waals surface area contributed by atoms with Crippen molar-refractivity contribution in [3.8, 4) is 0 Å². The molecule has 0 aliphatic heterocycles. The van der Waals surface area contributed by atoms with Crippen molar-refractivity contribution in [2.24, 2.45) is 16.6 Å². The average molecular weight is 219 g/mol. The lowest BCUT2D eigenvalue weighted by Crippen LogP contribution is -2.48. The smallest absolute Gasteiger partial charge is 0.248 e. The van der Waals surface area contributed by atoms with Crippen LogP contribution in [-0.4, -0.2) is 12.5 Å². The summed E-state index contributed by atoms with van der Waals surface area (Å²) in [6, 6.07) is 0. The summed E-state index contributed by atoms with van der Waals surface area (Å²) in [5.41, 5.74) is 5.83. The van der Waals surface area contributed by atoms with Crippen molar-refractivity contribution in [2.75, 3.05) is 6.54 Å². The molecule has 2 N–H and O–H groups in total. The lowest BCUT2D eigenvalue weighted by Gasteiger charge is -2.50. The van der Waals surface area contributed by atoms with Crippen molar-refractivity contribution in [1.82, 2.24) is 0 Å². The molecule has 0 aromatic carbocycles. The highest BCUT2D eigenvalue weighted by atomic mass is 19.3. The molecule has 0 unspecified atom stereocenters. The third-order valence-electron chi connectivity index (χ3n) is 4.65. The Morgan fingerprint density at radius 2 is 1.60 bits per heavy atom. The van der Waals surface area contributed by atoms with Crippen LogP contribution in [0.4, 0.5) is 8.78 Å². The summed E-state index contributed by atoms with van der Waals surface area (Å²) in [6.45, 7) is 6.96. The Hall–Kier alpha value is -0.180. The number of nitrogens with two attached hydrogens (primary N) is 1. The van der Waals surface area contributed by atoms with Crippen LogP contribution in [0.1, 0.15) is 52.9 Å². The molecule has 1 aliphatic carbocycles. The first kappa shape index (κ1) is 12.9. The van der Waals surface area contributed by atoms with Gasteiger partial charge in [0.15, 0.2) is 0 Å². The minimum atomic E-state index is -2.46. The van der Waals surface area contributed by atoms with Gasteiger partial charge in [0.1, 0.15) is 0 Å². The highest BCUT2D eigenvalue weighted by Crippen LogP contribution is 2.53. The Labute approximate surface area is 91.4 Å². The standard InChI is InChI=1S/C12H23F2N/c1-4-10(2,3)11(9-15)5-7-12(13,14)8-6-11/h4-9,15H2,1-3H3. The summed E-state index contributed by atoms with van der Waals surface area (Å²) in [4.78, 5) is 0. The first-order valence-electron chi connectivity index (χ1n) is 5.86. The van der Waals surface area contributed by atoms with Crippen LogP contribution < -0.4 is 5.73 Å². The van der Waals surface area contributed by atoms with Crippen molar-refractivity contribution in [3.05, 3.63) is 0 Å². The lowest BCUT2D eigenvalue weighted by atomic mass is 9.57. The minimum Gasteiger partial charge on any atom is -0.330 e. The van der Waals surface area contributed by atoms with Crippen molar-refractivity contribution in [1.29, 1.82) is 0 Å². The van der Waals surface area contributed by atoms with Gasteiger partial charge in [-0.05, 0) is 30.2 Å². The van der Waals surface area contributed by atoms with Crippen LogP contribution in [0.2, 0.25) is 0 Å². The van der Waals surface area contributed by atoms with E-state index in [9.17, 15) is 8.78 Å². The molecule has 1 nitrogen and oxygen atoms in total. The second-order valence-corrected chi connectivity index (χ2v) is 5.58. The fourth-order valence-corrected chi connectivity index (χ4v) is 2.63. The zero-order valence-corrected chi connectivity index (χ0v) is 10.1. The Balaban J connectivity index is 2.81. The van der Waals surface area contributed by atoms with E-state index in [1.807, 2.05) is 0 Å². The van der Waals surface area contributed by atoms with Crippen LogP contribution in [0.25, 0.3) is 0 Å². The van der Waals surface area contributed by atoms with E-state index in [0.717, 1.165) is 6.42 Å². The van der Waals surface area contributed by atoms with Crippen LogP contribution in [0.15, 0.2) is 0 Å². The number of alkyl halides is 2. The van der Waals surface area contributed by atoms with E-state index in [-0.39, 0.29) is 23.7 Å². The highest BCUT2D eigenvalue weighted by Gasteiger charge is 2.49. The van der Waals surface area contributed by atoms with Crippen LogP contribution in [0.3, 0.4) is 0 Å². The normalized spacial score (nSPS) is 25.2. The van der Waals surface area contributed by atoms with E-state index in [2.05, 4.69) is 20.8 Å². The second kappa shape index (κ2) is 4.00. The largest absolute Gasteiger partial charge is 0.330 e. The molecule has 1 saturated carbocycles. The second-order valence-electron chi connectivity index (χ2n) is 5.58. The molecule has 1 aliphatic rings. The summed E-state index contributed by atoms with van der Waals surface area (Å²) in [7, 11) is 0. The Morgan fingerprint density at radius 3 is 1.93 bits per heavy atom. The van der Waals surface area contributed by atoms with Gasteiger partial charge in [0, 0.05) is 12.8 Å². The average Bonchev–Trinajstić information content (AvgIpc) is 2.18. The number of hydrogen-bond donors (Lipinski definition) is 1. The Morgan fingerprint density at radius 1 is 1.13 bits per heavy atom. The van der Waals surface area contributed by atoms with Gasteiger partial charge in [-0.3, -0.25) is 0 Å². The van der Waals surface area contributed by atoms with E-state index in [1.165, 1.54) is 0 Å². The molecule has 0 amide bonds. The molecule has 0 aromatic heterocycles. The van der Waals surface area contributed by atoms with Crippen molar-refractivity contribution < 1.29 is 8.78 Å². The van der Waals surface area contributed by atoms with Crippen LogP contribution >= 0.6 is 0 Å². The Bertz CT molecular complexity index is 214. The van der Waals surface area contributed by atoms with Gasteiger partial charge in [-0.2, -0.15) is 0 Å². The topological polar surface area (TPSA) is 26.0 Å². The first-order valence-corrected chi connectivity index (χ1v) is 5.86. The molecule has 0 radical (unpaired) electrons. The molecule has 0 saturated heterocycles. The van der Waals surface area contributed by atoms with Gasteiger partial charge < -0.3 is 5.73 Å². The van der Waals surface area contributed by atoms with Crippen molar-refractivity contribution in [2.45, 2.75) is 58.8 Å².